The Balaban J connectivity index is 1.42. The normalized spacial score (nSPS) is 11.1. The fraction of sp³-hybridized carbons (Fsp3) is 0.200. The Morgan fingerprint density at radius 3 is 1.49 bits per heavy atom. The zero-order valence-corrected chi connectivity index (χ0v) is 21.6. The second kappa shape index (κ2) is 10.5. The summed E-state index contributed by atoms with van der Waals surface area (Å²) in [7, 11) is 0. The number of rotatable bonds is 6. The topological polar surface area (TPSA) is 78.4 Å². The number of ether oxygens (including phenoxy) is 2. The molecule has 0 N–H and O–H groups in total. The van der Waals surface area contributed by atoms with Gasteiger partial charge in [0.1, 0.15) is 11.0 Å². The highest BCUT2D eigenvalue weighted by atomic mass is 35.5. The van der Waals surface area contributed by atoms with Crippen LogP contribution in [0.15, 0.2) is 36.4 Å². The van der Waals surface area contributed by atoms with Gasteiger partial charge in [0.15, 0.2) is 11.5 Å². The molecule has 10 heteroatoms. The lowest BCUT2D eigenvalue weighted by Crippen LogP contribution is -2.12. The van der Waals surface area contributed by atoms with Gasteiger partial charge in [-0.3, -0.25) is 9.59 Å². The van der Waals surface area contributed by atoms with Gasteiger partial charge in [0.05, 0.1) is 20.1 Å². The summed E-state index contributed by atoms with van der Waals surface area (Å²) in [6, 6.07) is 10.2. The van der Waals surface area contributed by atoms with E-state index < -0.39 is 11.9 Å². The molecule has 0 radical (unpaired) electrons. The van der Waals surface area contributed by atoms with Gasteiger partial charge in [0.25, 0.3) is 0 Å². The van der Waals surface area contributed by atoms with E-state index in [1.807, 2.05) is 0 Å². The van der Waals surface area contributed by atoms with Crippen LogP contribution in [-0.4, -0.2) is 21.9 Å². The molecule has 0 unspecified atom stereocenters. The van der Waals surface area contributed by atoms with Crippen LogP contribution in [0.4, 0.5) is 0 Å². The number of pyridine rings is 2. The minimum atomic E-state index is -0.570. The van der Waals surface area contributed by atoms with Crippen LogP contribution >= 0.6 is 46.4 Å². The quantitative estimate of drug-likeness (QED) is 0.180. The number of aryl methyl sites for hydroxylation is 2. The number of nitrogens with zero attached hydrogens (tertiary/aromatic N) is 2. The molecule has 2 aromatic carbocycles. The Morgan fingerprint density at radius 2 is 1.09 bits per heavy atom. The summed E-state index contributed by atoms with van der Waals surface area (Å²) < 4.78 is 11.0. The first-order chi connectivity index (χ1) is 16.6. The molecule has 0 spiro atoms. The summed E-state index contributed by atoms with van der Waals surface area (Å²) in [6.45, 7) is 3.61. The molecule has 0 aliphatic heterocycles. The molecule has 4 rings (SSSR count). The molecule has 6 nitrogen and oxygen atoms in total. The van der Waals surface area contributed by atoms with E-state index in [1.54, 1.807) is 38.1 Å². The largest absolute Gasteiger partial charge is 0.423 e. The highest BCUT2D eigenvalue weighted by Gasteiger charge is 2.19. The van der Waals surface area contributed by atoms with Crippen LogP contribution in [0.3, 0.4) is 0 Å². The van der Waals surface area contributed by atoms with Gasteiger partial charge in [-0.15, -0.1) is 0 Å². The first-order valence-corrected chi connectivity index (χ1v) is 12.1. The summed E-state index contributed by atoms with van der Waals surface area (Å²) in [4.78, 5) is 33.8. The Morgan fingerprint density at radius 1 is 0.686 bits per heavy atom. The number of esters is 2. The fourth-order valence-electron chi connectivity index (χ4n) is 3.48. The van der Waals surface area contributed by atoms with Gasteiger partial charge in [0.2, 0.25) is 0 Å². The molecule has 0 aliphatic carbocycles. The van der Waals surface area contributed by atoms with Gasteiger partial charge in [-0.05, 0) is 56.7 Å². The van der Waals surface area contributed by atoms with Crippen molar-refractivity contribution in [2.24, 2.45) is 0 Å². The smallest absolute Gasteiger partial charge is 0.311 e. The van der Waals surface area contributed by atoms with E-state index >= 15 is 0 Å². The van der Waals surface area contributed by atoms with E-state index in [9.17, 15) is 9.59 Å². The molecule has 0 aliphatic rings. The zero-order chi connectivity index (χ0) is 25.3. The third-order valence-electron chi connectivity index (χ3n) is 5.15. The number of benzene rings is 2. The lowest BCUT2D eigenvalue weighted by molar-refractivity contribution is -0.135. The van der Waals surface area contributed by atoms with Crippen molar-refractivity contribution in [3.8, 4) is 11.5 Å². The number of halogens is 4. The second-order valence-corrected chi connectivity index (χ2v) is 9.47. The molecule has 0 saturated heterocycles. The maximum atomic E-state index is 12.5. The molecule has 0 fully saturated rings. The lowest BCUT2D eigenvalue weighted by atomic mass is 10.2. The number of carbonyl (C=O) groups excluding carboxylic acids is 2. The van der Waals surface area contributed by atoms with E-state index in [2.05, 4.69) is 9.97 Å². The highest BCUT2D eigenvalue weighted by Crippen LogP contribution is 2.39. The molecule has 0 saturated carbocycles. The maximum Gasteiger partial charge on any atom is 0.311 e. The monoisotopic (exact) mass is 550 g/mol. The average Bonchev–Trinajstić information content (AvgIpc) is 2.79. The van der Waals surface area contributed by atoms with Crippen molar-refractivity contribution in [2.75, 3.05) is 0 Å². The predicted octanol–water partition coefficient (Wildman–Crippen LogP) is 7.69. The molecule has 2 aromatic heterocycles. The van der Waals surface area contributed by atoms with Crippen molar-refractivity contribution in [1.29, 1.82) is 0 Å². The molecule has 0 bridgehead atoms. The minimum absolute atomic E-state index is 0.0478. The maximum absolute atomic E-state index is 12.5. The van der Waals surface area contributed by atoms with Gasteiger partial charge in [0, 0.05) is 35.0 Å². The Bertz CT molecular complexity index is 1380. The summed E-state index contributed by atoms with van der Waals surface area (Å²) in [5.41, 5.74) is 2.22. The molecule has 35 heavy (non-hydrogen) atoms. The van der Waals surface area contributed by atoms with Crippen LogP contribution in [0.5, 0.6) is 11.5 Å². The van der Waals surface area contributed by atoms with E-state index in [0.717, 1.165) is 0 Å². The van der Waals surface area contributed by atoms with Crippen LogP contribution in [0, 0.1) is 13.8 Å². The molecule has 0 amide bonds. The third-order valence-corrected chi connectivity index (χ3v) is 6.33. The first-order valence-electron chi connectivity index (χ1n) is 10.6. The van der Waals surface area contributed by atoms with E-state index in [0.29, 0.717) is 43.2 Å². The fourth-order valence-corrected chi connectivity index (χ4v) is 4.59. The van der Waals surface area contributed by atoms with Crippen LogP contribution < -0.4 is 9.47 Å². The molecule has 2 heterocycles. The second-order valence-electron chi connectivity index (χ2n) is 7.84. The van der Waals surface area contributed by atoms with Gasteiger partial charge in [-0.2, -0.15) is 0 Å². The summed E-state index contributed by atoms with van der Waals surface area (Å²) in [5, 5.41) is 2.37. The molecular weight excluding hydrogens is 534 g/mol. The molecule has 4 aromatic rings. The number of aromatic nitrogens is 2. The van der Waals surface area contributed by atoms with Crippen molar-refractivity contribution in [2.45, 2.75) is 33.1 Å². The van der Waals surface area contributed by atoms with Crippen LogP contribution in [0.25, 0.3) is 21.8 Å². The van der Waals surface area contributed by atoms with Crippen LogP contribution in [0.1, 0.15) is 30.7 Å². The Hall–Kier alpha value is -2.64. The SMILES string of the molecule is Cc1ccc2c(Cl)cc(Cl)c(OC(=O)CCCC(=O)Oc3c(Cl)cc(Cl)c4ccc(C)nc34)c2n1. The zero-order valence-electron chi connectivity index (χ0n) is 18.6. The van der Waals surface area contributed by atoms with Crippen molar-refractivity contribution in [3.05, 3.63) is 67.9 Å². The highest BCUT2D eigenvalue weighted by molar-refractivity contribution is 6.40. The Kier molecular flexibility index (Phi) is 7.67. The number of hydrogen-bond donors (Lipinski definition) is 0. The van der Waals surface area contributed by atoms with Gasteiger partial charge in [-0.25, -0.2) is 9.97 Å². The van der Waals surface area contributed by atoms with Crippen molar-refractivity contribution in [3.63, 3.8) is 0 Å². The summed E-state index contributed by atoms with van der Waals surface area (Å²) >= 11 is 25.0. The third kappa shape index (κ3) is 5.62. The van der Waals surface area contributed by atoms with E-state index in [1.165, 1.54) is 12.1 Å². The Labute approximate surface area is 221 Å². The summed E-state index contributed by atoms with van der Waals surface area (Å²) in [6.07, 6.45) is 0.0878. The van der Waals surface area contributed by atoms with Crippen LogP contribution in [0.2, 0.25) is 20.1 Å². The van der Waals surface area contributed by atoms with Crippen LogP contribution in [-0.2, 0) is 9.59 Å². The number of hydrogen-bond acceptors (Lipinski definition) is 6. The molecular formula is C25H18Cl4N2O4. The minimum Gasteiger partial charge on any atom is -0.423 e. The van der Waals surface area contributed by atoms with Crippen molar-refractivity contribution >= 4 is 80.1 Å². The number of carbonyl (C=O) groups is 2. The summed E-state index contributed by atoms with van der Waals surface area (Å²) in [5.74, 6) is -0.885. The van der Waals surface area contributed by atoms with Gasteiger partial charge in [-0.1, -0.05) is 46.4 Å². The lowest BCUT2D eigenvalue weighted by Gasteiger charge is -2.12. The first kappa shape index (κ1) is 25.5. The molecule has 0 atom stereocenters. The predicted molar refractivity (Wildman–Crippen MR) is 138 cm³/mol. The number of fused-ring (bicyclic) bond motifs is 2. The van der Waals surface area contributed by atoms with Gasteiger partial charge >= 0.3 is 11.9 Å². The molecule has 180 valence electrons. The van der Waals surface area contributed by atoms with Gasteiger partial charge < -0.3 is 9.47 Å². The average molecular weight is 552 g/mol. The van der Waals surface area contributed by atoms with E-state index in [4.69, 9.17) is 55.9 Å². The van der Waals surface area contributed by atoms with E-state index in [-0.39, 0.29) is 40.8 Å². The van der Waals surface area contributed by atoms with Crippen molar-refractivity contribution < 1.29 is 19.1 Å². The standard InChI is InChI=1S/C25H18Cl4N2O4/c1-12-6-8-14-16(26)10-18(28)24(22(14)30-12)34-20(32)4-3-5-21(33)35-25-19(29)11-17(27)15-9-7-13(2)31-23(15)25/h6-11H,3-5H2,1-2H3. The van der Waals surface area contributed by atoms with Crippen molar-refractivity contribution in [1.82, 2.24) is 9.97 Å².